The van der Waals surface area contributed by atoms with E-state index in [0.717, 1.165) is 39.8 Å². The zero-order chi connectivity index (χ0) is 28.4. The van der Waals surface area contributed by atoms with E-state index < -0.39 is 18.1 Å². The predicted molar refractivity (Wildman–Crippen MR) is 160 cm³/mol. The molecule has 4 aliphatic rings. The molecule has 0 spiro atoms. The molecule has 8 heteroatoms. The molecule has 8 rings (SSSR count). The number of guanidine groups is 1. The van der Waals surface area contributed by atoms with E-state index in [-0.39, 0.29) is 18.3 Å². The van der Waals surface area contributed by atoms with Gasteiger partial charge in [-0.3, -0.25) is 9.69 Å². The second-order valence-electron chi connectivity index (χ2n) is 11.4. The number of benzene rings is 3. The Morgan fingerprint density at radius 3 is 2.43 bits per heavy atom. The Bertz CT molecular complexity index is 1750. The van der Waals surface area contributed by atoms with E-state index in [4.69, 9.17) is 14.8 Å². The zero-order valence-electron chi connectivity index (χ0n) is 23.2. The van der Waals surface area contributed by atoms with Crippen molar-refractivity contribution in [2.24, 2.45) is 10.9 Å². The first-order valence-corrected chi connectivity index (χ1v) is 14.6. The molecule has 7 nitrogen and oxygen atoms in total. The van der Waals surface area contributed by atoms with Crippen molar-refractivity contribution in [1.29, 1.82) is 0 Å². The Kier molecular flexibility index (Phi) is 5.77. The summed E-state index contributed by atoms with van der Waals surface area (Å²) in [4.78, 5) is 23.9. The number of hydrogen-bond acceptors (Lipinski definition) is 6. The van der Waals surface area contributed by atoms with Crippen molar-refractivity contribution >= 4 is 28.9 Å². The van der Waals surface area contributed by atoms with E-state index in [1.54, 1.807) is 6.26 Å². The monoisotopic (exact) mass is 559 g/mol. The first kappa shape index (κ1) is 25.0. The van der Waals surface area contributed by atoms with Gasteiger partial charge in [0.05, 0.1) is 53.1 Å². The number of nitrogens with zero attached hydrogens (tertiary/aromatic N) is 5. The van der Waals surface area contributed by atoms with Crippen molar-refractivity contribution in [2.75, 3.05) is 9.80 Å². The molecule has 42 heavy (non-hydrogen) atoms. The van der Waals surface area contributed by atoms with E-state index in [2.05, 4.69) is 34.1 Å². The molecule has 1 saturated carbocycles. The first-order chi connectivity index (χ1) is 20.6. The highest BCUT2D eigenvalue weighted by molar-refractivity contribution is 6.19. The predicted octanol–water partition coefficient (Wildman–Crippen LogP) is 6.74. The molecule has 3 aliphatic heterocycles. The normalized spacial score (nSPS) is 24.2. The number of carbonyl (C=O) groups excluding carboxylic acids is 1. The van der Waals surface area contributed by atoms with E-state index in [9.17, 15) is 9.18 Å². The van der Waals surface area contributed by atoms with Crippen molar-refractivity contribution in [3.63, 3.8) is 0 Å². The number of ether oxygens (including phenoxy) is 1. The number of carbonyl (C=O) groups is 1. The van der Waals surface area contributed by atoms with E-state index in [0.29, 0.717) is 30.8 Å². The number of rotatable bonds is 4. The molecule has 3 aromatic carbocycles. The van der Waals surface area contributed by atoms with E-state index >= 15 is 0 Å². The van der Waals surface area contributed by atoms with Crippen LogP contribution in [0.4, 0.5) is 21.6 Å². The summed E-state index contributed by atoms with van der Waals surface area (Å²) in [6, 6.07) is 27.9. The summed E-state index contributed by atoms with van der Waals surface area (Å²) in [5, 5.41) is 4.94. The second kappa shape index (κ2) is 9.69. The van der Waals surface area contributed by atoms with Crippen LogP contribution in [0.2, 0.25) is 0 Å². The minimum absolute atomic E-state index is 0.0448. The average Bonchev–Trinajstić information content (AvgIpc) is 3.52. The molecular weight excluding hydrogens is 529 g/mol. The van der Waals surface area contributed by atoms with Crippen LogP contribution in [0.15, 0.2) is 102 Å². The molecule has 0 amide bonds. The first-order valence-electron chi connectivity index (χ1n) is 14.6. The van der Waals surface area contributed by atoms with Gasteiger partial charge in [0.25, 0.3) is 0 Å². The Morgan fingerprint density at radius 1 is 0.929 bits per heavy atom. The summed E-state index contributed by atoms with van der Waals surface area (Å²) in [6.07, 6.45) is 1.54. The smallest absolute Gasteiger partial charge is 0.213 e. The van der Waals surface area contributed by atoms with Crippen LogP contribution in [0.1, 0.15) is 42.1 Å². The minimum Gasteiger partial charge on any atom is -0.497 e. The van der Waals surface area contributed by atoms with Crippen LogP contribution >= 0.6 is 0 Å². The number of para-hydroxylation sites is 3. The topological polar surface area (TPSA) is 63.0 Å². The lowest BCUT2D eigenvalue weighted by Gasteiger charge is -2.40. The molecule has 0 N–H and O–H groups in total. The van der Waals surface area contributed by atoms with Crippen molar-refractivity contribution in [2.45, 2.75) is 51.0 Å². The Labute approximate surface area is 243 Å². The summed E-state index contributed by atoms with van der Waals surface area (Å²) >= 11 is 0. The fourth-order valence-electron chi connectivity index (χ4n) is 6.92. The zero-order valence-corrected chi connectivity index (χ0v) is 23.2. The summed E-state index contributed by atoms with van der Waals surface area (Å²) in [5.41, 5.74) is 6.15. The number of alkyl halides is 1. The van der Waals surface area contributed by atoms with Crippen LogP contribution in [0.25, 0.3) is 5.69 Å². The standard InChI is InChI=1S/C34H30FN5O2/c1-21-30-31(26-20-42-29-17-16-23(35)18-25(29)32(26)41)39-28-15-9-8-14-27(28)38(19-22-10-4-2-5-11-22)34(39)36-33(30)40(37-21)24-12-6-3-7-13-24/h2-15,20,23,25,29,31H,16-19H2,1H3. The Morgan fingerprint density at radius 2 is 1.64 bits per heavy atom. The van der Waals surface area contributed by atoms with Crippen molar-refractivity contribution < 1.29 is 13.9 Å². The van der Waals surface area contributed by atoms with Crippen molar-refractivity contribution in [1.82, 2.24) is 9.78 Å². The number of Topliss-reactive ketones (excluding diaryl/α,β-unsaturated/α-hetero) is 1. The molecule has 4 unspecified atom stereocenters. The SMILES string of the molecule is Cc1nn(-c2ccccc2)c2c1C(C1=COC3CCC(F)CC3C1=O)N1C(=N2)N(Cc2ccccc2)c2ccccc21. The summed E-state index contributed by atoms with van der Waals surface area (Å²) in [7, 11) is 0. The second-order valence-corrected chi connectivity index (χ2v) is 11.4. The van der Waals surface area contributed by atoms with Gasteiger partial charge in [-0.15, -0.1) is 0 Å². The molecule has 0 radical (unpaired) electrons. The highest BCUT2D eigenvalue weighted by Crippen LogP contribution is 2.52. The van der Waals surface area contributed by atoms with Gasteiger partial charge in [-0.1, -0.05) is 60.7 Å². The highest BCUT2D eigenvalue weighted by atomic mass is 19.1. The number of anilines is 2. The fraction of sp³-hybridized carbons (Fsp3) is 0.265. The maximum Gasteiger partial charge on any atom is 0.213 e. The number of hydrogen-bond donors (Lipinski definition) is 0. The summed E-state index contributed by atoms with van der Waals surface area (Å²) < 4.78 is 22.7. The van der Waals surface area contributed by atoms with Gasteiger partial charge in [-0.25, -0.2) is 9.07 Å². The maximum atomic E-state index is 14.6. The van der Waals surface area contributed by atoms with Gasteiger partial charge in [0.15, 0.2) is 11.6 Å². The molecule has 0 bridgehead atoms. The quantitative estimate of drug-likeness (QED) is 0.277. The highest BCUT2D eigenvalue weighted by Gasteiger charge is 2.50. The van der Waals surface area contributed by atoms with Crippen molar-refractivity contribution in [3.8, 4) is 5.69 Å². The molecule has 1 aliphatic carbocycles. The van der Waals surface area contributed by atoms with E-state index in [1.807, 2.05) is 72.3 Å². The van der Waals surface area contributed by atoms with E-state index in [1.165, 1.54) is 0 Å². The van der Waals surface area contributed by atoms with Gasteiger partial charge in [-0.2, -0.15) is 10.1 Å². The third kappa shape index (κ3) is 3.81. The van der Waals surface area contributed by atoms with Gasteiger partial charge in [-0.05, 0) is 56.0 Å². The van der Waals surface area contributed by atoms with Crippen LogP contribution in [-0.4, -0.2) is 33.8 Å². The van der Waals surface area contributed by atoms with Gasteiger partial charge in [0.2, 0.25) is 5.96 Å². The number of ketones is 1. The van der Waals surface area contributed by atoms with Crippen LogP contribution in [0.5, 0.6) is 0 Å². The third-order valence-corrected chi connectivity index (χ3v) is 8.90. The third-order valence-electron chi connectivity index (χ3n) is 8.90. The van der Waals surface area contributed by atoms with Crippen LogP contribution in [-0.2, 0) is 16.1 Å². The van der Waals surface area contributed by atoms with Gasteiger partial charge < -0.3 is 9.64 Å². The largest absolute Gasteiger partial charge is 0.497 e. The number of aromatic nitrogens is 2. The van der Waals surface area contributed by atoms with Gasteiger partial charge in [0, 0.05) is 5.56 Å². The fourth-order valence-corrected chi connectivity index (χ4v) is 6.92. The molecule has 4 aromatic rings. The molecule has 210 valence electrons. The van der Waals surface area contributed by atoms with Gasteiger partial charge >= 0.3 is 0 Å². The number of aryl methyl sites for hydroxylation is 1. The Hall–Kier alpha value is -4.72. The summed E-state index contributed by atoms with van der Waals surface area (Å²) in [5.74, 6) is 0.861. The van der Waals surface area contributed by atoms with Gasteiger partial charge in [0.1, 0.15) is 12.3 Å². The lowest BCUT2D eigenvalue weighted by atomic mass is 9.77. The lowest BCUT2D eigenvalue weighted by molar-refractivity contribution is -0.128. The maximum absolute atomic E-state index is 14.6. The molecule has 4 heterocycles. The van der Waals surface area contributed by atoms with Crippen LogP contribution in [0.3, 0.4) is 0 Å². The summed E-state index contributed by atoms with van der Waals surface area (Å²) in [6.45, 7) is 2.57. The average molecular weight is 560 g/mol. The molecule has 1 fully saturated rings. The number of aliphatic imine (C=N–C) groups is 1. The number of fused-ring (bicyclic) bond motifs is 5. The van der Waals surface area contributed by atoms with Crippen LogP contribution < -0.4 is 9.80 Å². The Balaban J connectivity index is 1.34. The number of halogens is 1. The minimum atomic E-state index is -0.992. The van der Waals surface area contributed by atoms with Crippen LogP contribution in [0, 0.1) is 12.8 Å². The molecule has 4 atom stereocenters. The molecular formula is C34H30FN5O2. The lowest BCUT2D eigenvalue weighted by Crippen LogP contribution is -2.47. The van der Waals surface area contributed by atoms with Crippen molar-refractivity contribution in [3.05, 3.63) is 114 Å². The molecule has 1 aromatic heterocycles. The molecule has 0 saturated heterocycles.